The summed E-state index contributed by atoms with van der Waals surface area (Å²) in [6, 6.07) is 0. The second kappa shape index (κ2) is 24.8. The maximum atomic E-state index is 5.40. The van der Waals surface area contributed by atoms with Gasteiger partial charge < -0.3 is 16.8 Å². The fourth-order valence-corrected chi connectivity index (χ4v) is 1.28. The summed E-state index contributed by atoms with van der Waals surface area (Å²) in [5.74, 6) is 0. The summed E-state index contributed by atoms with van der Waals surface area (Å²) in [7, 11) is 0. The van der Waals surface area contributed by atoms with Crippen molar-refractivity contribution in [3.8, 4) is 0 Å². The van der Waals surface area contributed by atoms with Crippen LogP contribution in [0.4, 0.5) is 0 Å². The summed E-state index contributed by atoms with van der Waals surface area (Å²) >= 11 is 0. The number of nitrogens with two attached hydrogens (primary N) is 2. The molecule has 0 aromatic carbocycles. The maximum absolute atomic E-state index is 5.40. The minimum atomic E-state index is 0. The van der Waals surface area contributed by atoms with Gasteiger partial charge in [0.25, 0.3) is 0 Å². The summed E-state index contributed by atoms with van der Waals surface area (Å²) in [5.41, 5.74) is 10.8. The zero-order valence-electron chi connectivity index (χ0n) is 9.95. The molecule has 0 unspecified atom stereocenters. The van der Waals surface area contributed by atoms with Crippen molar-refractivity contribution in [3.63, 3.8) is 0 Å². The fourth-order valence-electron chi connectivity index (χ4n) is 1.28. The summed E-state index contributed by atoms with van der Waals surface area (Å²) in [4.78, 5) is 0. The van der Waals surface area contributed by atoms with Crippen molar-refractivity contribution in [2.45, 2.75) is 38.5 Å². The lowest BCUT2D eigenvalue weighted by Crippen LogP contribution is -2.19. The summed E-state index contributed by atoms with van der Waals surface area (Å²) < 4.78 is 0. The van der Waals surface area contributed by atoms with Crippen molar-refractivity contribution in [2.24, 2.45) is 11.5 Å². The second-order valence-electron chi connectivity index (χ2n) is 3.45. The molecule has 0 radical (unpaired) electrons. The second-order valence-corrected chi connectivity index (χ2v) is 3.45. The zero-order valence-corrected chi connectivity index (χ0v) is 12.4. The molecule has 0 aliphatic rings. The molecule has 0 amide bonds. The number of halogens is 3. The van der Waals surface area contributed by atoms with E-state index in [0.29, 0.717) is 0 Å². The molecule has 0 saturated carbocycles. The van der Waals surface area contributed by atoms with Crippen molar-refractivity contribution in [3.05, 3.63) is 0 Å². The van der Waals surface area contributed by atoms with Gasteiger partial charge in [-0.1, -0.05) is 19.3 Å². The van der Waals surface area contributed by atoms with Crippen LogP contribution in [0.2, 0.25) is 0 Å². The summed E-state index contributed by atoms with van der Waals surface area (Å²) in [5, 5.41) is 3.37. The van der Waals surface area contributed by atoms with Crippen LogP contribution in [0.3, 0.4) is 0 Å². The quantitative estimate of drug-likeness (QED) is 0.541. The fraction of sp³-hybridized carbons (Fsp3) is 1.00. The molecule has 16 heavy (non-hydrogen) atoms. The summed E-state index contributed by atoms with van der Waals surface area (Å²) in [6.07, 6.45) is 7.51. The largest absolute Gasteiger partial charge is 0.330 e. The monoisotopic (exact) mass is 295 g/mol. The lowest BCUT2D eigenvalue weighted by molar-refractivity contribution is 0.571. The van der Waals surface area contributed by atoms with Gasteiger partial charge >= 0.3 is 0 Å². The van der Waals surface area contributed by atoms with E-state index >= 15 is 0 Å². The highest BCUT2D eigenvalue weighted by molar-refractivity contribution is 5.86. The van der Waals surface area contributed by atoms with Gasteiger partial charge in [0.15, 0.2) is 0 Å². The Morgan fingerprint density at radius 3 is 1.56 bits per heavy atom. The van der Waals surface area contributed by atoms with Crippen LogP contribution >= 0.6 is 37.2 Å². The Morgan fingerprint density at radius 1 is 0.562 bits per heavy atom. The van der Waals surface area contributed by atoms with Crippen LogP contribution in [0, 0.1) is 0 Å². The molecule has 0 aromatic heterocycles. The van der Waals surface area contributed by atoms with Crippen molar-refractivity contribution < 1.29 is 0 Å². The first-order chi connectivity index (χ1) is 6.41. The van der Waals surface area contributed by atoms with Crippen LogP contribution in [0.25, 0.3) is 0 Å². The Kier molecular flexibility index (Phi) is 39.6. The van der Waals surface area contributed by atoms with Gasteiger partial charge in [-0.25, -0.2) is 0 Å². The normalized spacial score (nSPS) is 8.62. The highest BCUT2D eigenvalue weighted by Crippen LogP contribution is 2.00. The van der Waals surface area contributed by atoms with E-state index in [1.165, 1.54) is 32.1 Å². The molecule has 0 aliphatic heterocycles. The van der Waals surface area contributed by atoms with Crippen molar-refractivity contribution in [2.75, 3.05) is 26.2 Å². The van der Waals surface area contributed by atoms with Crippen LogP contribution in [-0.4, -0.2) is 26.2 Å². The molecule has 6 heteroatoms. The number of rotatable bonds is 10. The predicted molar refractivity (Wildman–Crippen MR) is 80.4 cm³/mol. The molecule has 0 saturated heterocycles. The topological polar surface area (TPSA) is 64.1 Å². The standard InChI is InChI=1S/C10H25N3.3ClH/c11-7-4-2-1-3-5-9-13-10-6-8-12;;;/h13H,1-12H2;3*1H. The van der Waals surface area contributed by atoms with Gasteiger partial charge in [-0.2, -0.15) is 0 Å². The van der Waals surface area contributed by atoms with Crippen molar-refractivity contribution in [1.29, 1.82) is 0 Å². The van der Waals surface area contributed by atoms with Gasteiger partial charge in [-0.15, -0.1) is 37.2 Å². The third kappa shape index (κ3) is 24.1. The third-order valence-corrected chi connectivity index (χ3v) is 2.12. The first-order valence-corrected chi connectivity index (χ1v) is 5.52. The number of hydrogen-bond acceptors (Lipinski definition) is 3. The molecule has 0 aromatic rings. The van der Waals surface area contributed by atoms with E-state index in [9.17, 15) is 0 Å². The van der Waals surface area contributed by atoms with Crippen molar-refractivity contribution in [1.82, 2.24) is 5.32 Å². The highest BCUT2D eigenvalue weighted by atomic mass is 35.5. The lowest BCUT2D eigenvalue weighted by atomic mass is 10.1. The minimum absolute atomic E-state index is 0. The Balaban J connectivity index is -0.000000240. The molecular formula is C10H28Cl3N3. The molecule has 0 aliphatic carbocycles. The van der Waals surface area contributed by atoms with Gasteiger partial charge in [0, 0.05) is 0 Å². The van der Waals surface area contributed by atoms with E-state index in [2.05, 4.69) is 5.32 Å². The SMILES string of the molecule is Cl.Cl.Cl.NCCCCCCCNCCCN. The molecule has 0 heterocycles. The van der Waals surface area contributed by atoms with E-state index < -0.39 is 0 Å². The lowest BCUT2D eigenvalue weighted by Gasteiger charge is -2.03. The Morgan fingerprint density at radius 2 is 1.00 bits per heavy atom. The molecule has 0 rings (SSSR count). The van der Waals surface area contributed by atoms with Gasteiger partial charge in [-0.3, -0.25) is 0 Å². The highest BCUT2D eigenvalue weighted by Gasteiger charge is 1.89. The minimum Gasteiger partial charge on any atom is -0.330 e. The van der Waals surface area contributed by atoms with Crippen LogP contribution in [0.5, 0.6) is 0 Å². The summed E-state index contributed by atoms with van der Waals surface area (Å²) in [6.45, 7) is 3.85. The van der Waals surface area contributed by atoms with Crippen LogP contribution in [0.1, 0.15) is 38.5 Å². The van der Waals surface area contributed by atoms with E-state index in [1.807, 2.05) is 0 Å². The molecule has 5 N–H and O–H groups in total. The Hall–Kier alpha value is 0.750. The molecule has 104 valence electrons. The first-order valence-electron chi connectivity index (χ1n) is 5.52. The molecule has 3 nitrogen and oxygen atoms in total. The Bertz CT molecular complexity index is 87.4. The van der Waals surface area contributed by atoms with Gasteiger partial charge in [0.05, 0.1) is 0 Å². The van der Waals surface area contributed by atoms with E-state index in [0.717, 1.165) is 32.6 Å². The van der Waals surface area contributed by atoms with E-state index in [1.54, 1.807) is 0 Å². The molecule has 0 spiro atoms. The average molecular weight is 297 g/mol. The third-order valence-electron chi connectivity index (χ3n) is 2.12. The molecule has 0 fully saturated rings. The number of nitrogens with one attached hydrogen (secondary N) is 1. The molecule has 0 bridgehead atoms. The molecular weight excluding hydrogens is 268 g/mol. The van der Waals surface area contributed by atoms with Gasteiger partial charge in [-0.05, 0) is 45.4 Å². The predicted octanol–water partition coefficient (Wildman–Crippen LogP) is 2.10. The van der Waals surface area contributed by atoms with Crippen LogP contribution in [0.15, 0.2) is 0 Å². The smallest absolute Gasteiger partial charge is 0.00369 e. The van der Waals surface area contributed by atoms with Crippen molar-refractivity contribution >= 4 is 37.2 Å². The molecule has 0 atom stereocenters. The average Bonchev–Trinajstić information content (AvgIpc) is 2.16. The van der Waals surface area contributed by atoms with E-state index in [-0.39, 0.29) is 37.2 Å². The van der Waals surface area contributed by atoms with Crippen LogP contribution in [-0.2, 0) is 0 Å². The van der Waals surface area contributed by atoms with Crippen LogP contribution < -0.4 is 16.8 Å². The first kappa shape index (κ1) is 25.6. The van der Waals surface area contributed by atoms with Gasteiger partial charge in [0.2, 0.25) is 0 Å². The maximum Gasteiger partial charge on any atom is -0.00369 e. The number of unbranched alkanes of at least 4 members (excludes halogenated alkanes) is 4. The van der Waals surface area contributed by atoms with Gasteiger partial charge in [0.1, 0.15) is 0 Å². The Labute approximate surface area is 119 Å². The number of hydrogen-bond donors (Lipinski definition) is 3. The van der Waals surface area contributed by atoms with E-state index in [4.69, 9.17) is 11.5 Å². The zero-order chi connectivity index (χ0) is 9.78.